The highest BCUT2D eigenvalue weighted by Gasteiger charge is 2.51. The minimum atomic E-state index is -3.35. The highest BCUT2D eigenvalue weighted by Crippen LogP contribution is 2.46. The van der Waals surface area contributed by atoms with Gasteiger partial charge >= 0.3 is 5.97 Å². The molecule has 5 nitrogen and oxygen atoms in total. The van der Waals surface area contributed by atoms with Gasteiger partial charge in [-0.15, -0.1) is 0 Å². The molecule has 0 spiro atoms. The van der Waals surface area contributed by atoms with Crippen LogP contribution in [0.4, 0.5) is 8.78 Å². The van der Waals surface area contributed by atoms with Gasteiger partial charge in [0.1, 0.15) is 5.75 Å². The van der Waals surface area contributed by atoms with E-state index in [9.17, 15) is 23.8 Å². The average molecular weight is 424 g/mol. The molecule has 2 rings (SSSR count). The van der Waals surface area contributed by atoms with Crippen molar-refractivity contribution in [1.82, 2.24) is 0 Å². The van der Waals surface area contributed by atoms with Crippen LogP contribution >= 0.6 is 0 Å². The number of carbonyl (C=O) groups is 1. The van der Waals surface area contributed by atoms with Gasteiger partial charge < -0.3 is 19.7 Å². The lowest BCUT2D eigenvalue weighted by Crippen LogP contribution is -2.42. The number of hydrogen-bond acceptors (Lipinski definition) is 5. The van der Waals surface area contributed by atoms with E-state index in [1.807, 2.05) is 13.0 Å². The molecule has 0 amide bonds. The lowest BCUT2D eigenvalue weighted by Gasteiger charge is -2.36. The van der Waals surface area contributed by atoms with Crippen molar-refractivity contribution in [1.29, 1.82) is 0 Å². The fraction of sp³-hybridized carbons (Fsp3) is 0.522. The predicted molar refractivity (Wildman–Crippen MR) is 109 cm³/mol. The molecule has 4 unspecified atom stereocenters. The molecule has 0 saturated heterocycles. The van der Waals surface area contributed by atoms with Crippen molar-refractivity contribution in [2.75, 3.05) is 13.7 Å². The number of ether oxygens (including phenoxy) is 2. The number of esters is 1. The van der Waals surface area contributed by atoms with Crippen LogP contribution < -0.4 is 4.74 Å². The normalized spacial score (nSPS) is 24.3. The van der Waals surface area contributed by atoms with E-state index in [0.29, 0.717) is 18.2 Å². The maximum Gasteiger partial charge on any atom is 0.316 e. The zero-order chi connectivity index (χ0) is 22.2. The first-order valence-electron chi connectivity index (χ1n) is 10.1. The van der Waals surface area contributed by atoms with Crippen LogP contribution in [0.3, 0.4) is 0 Å². The van der Waals surface area contributed by atoms with Gasteiger partial charge in [0.15, 0.2) is 6.61 Å². The van der Waals surface area contributed by atoms with Gasteiger partial charge in [-0.25, -0.2) is 0 Å². The summed E-state index contributed by atoms with van der Waals surface area (Å²) in [5, 5.41) is 20.4. The Morgan fingerprint density at radius 3 is 2.47 bits per heavy atom. The number of benzene rings is 1. The van der Waals surface area contributed by atoms with E-state index >= 15 is 0 Å². The van der Waals surface area contributed by atoms with Crippen LogP contribution in [-0.4, -0.2) is 48.0 Å². The van der Waals surface area contributed by atoms with Crippen LogP contribution in [0.2, 0.25) is 0 Å². The molecule has 1 aliphatic rings. The molecule has 7 heteroatoms. The molecular weight excluding hydrogens is 394 g/mol. The summed E-state index contributed by atoms with van der Waals surface area (Å²) in [4.78, 5) is 12.8. The highest BCUT2D eigenvalue weighted by atomic mass is 19.3. The molecule has 1 saturated carbocycles. The first kappa shape index (κ1) is 24.0. The third kappa shape index (κ3) is 6.12. The summed E-state index contributed by atoms with van der Waals surface area (Å²) in [7, 11) is 1.19. The number of aliphatic hydroxyl groups excluding tert-OH is 2. The van der Waals surface area contributed by atoms with Crippen LogP contribution in [0.5, 0.6) is 5.75 Å². The first-order valence-corrected chi connectivity index (χ1v) is 10.1. The zero-order valence-electron chi connectivity index (χ0n) is 17.3. The summed E-state index contributed by atoms with van der Waals surface area (Å²) in [6.45, 7) is 0.925. The summed E-state index contributed by atoms with van der Waals surface area (Å²) in [6.07, 6.45) is 4.44. The van der Waals surface area contributed by atoms with Crippen molar-refractivity contribution in [2.45, 2.75) is 50.7 Å². The smallest absolute Gasteiger partial charge is 0.316 e. The third-order valence-electron chi connectivity index (χ3n) is 5.49. The molecule has 0 heterocycles. The van der Waals surface area contributed by atoms with Gasteiger partial charge in [-0.2, -0.15) is 8.78 Å². The van der Waals surface area contributed by atoms with Crippen molar-refractivity contribution >= 4 is 5.97 Å². The molecule has 1 fully saturated rings. The second-order valence-electron chi connectivity index (χ2n) is 7.63. The Kier molecular flexibility index (Phi) is 8.55. The van der Waals surface area contributed by atoms with Gasteiger partial charge in [-0.1, -0.05) is 36.4 Å². The Labute approximate surface area is 176 Å². The third-order valence-corrected chi connectivity index (χ3v) is 5.49. The van der Waals surface area contributed by atoms with Crippen molar-refractivity contribution in [3.63, 3.8) is 0 Å². The SMILES string of the molecule is C/C=C/CCC(/C=C/C(F)(F)COc1ccccc1)(C(=O)OC)C1CC(O)CC1O. The molecule has 166 valence electrons. The lowest BCUT2D eigenvalue weighted by atomic mass is 9.69. The average Bonchev–Trinajstić information content (AvgIpc) is 3.08. The Morgan fingerprint density at radius 2 is 1.90 bits per heavy atom. The van der Waals surface area contributed by atoms with Crippen molar-refractivity contribution < 1.29 is 33.3 Å². The molecule has 4 atom stereocenters. The molecule has 0 bridgehead atoms. The molecule has 1 aromatic carbocycles. The maximum absolute atomic E-state index is 14.6. The topological polar surface area (TPSA) is 76.0 Å². The summed E-state index contributed by atoms with van der Waals surface area (Å²) in [6, 6.07) is 8.26. The van der Waals surface area contributed by atoms with Gasteiger partial charge in [0, 0.05) is 5.92 Å². The van der Waals surface area contributed by atoms with Gasteiger partial charge in [0.2, 0.25) is 0 Å². The number of para-hydroxylation sites is 1. The van der Waals surface area contributed by atoms with Gasteiger partial charge in [-0.05, 0) is 50.8 Å². The first-order chi connectivity index (χ1) is 14.2. The van der Waals surface area contributed by atoms with Gasteiger partial charge in [0.05, 0.1) is 24.7 Å². The molecule has 30 heavy (non-hydrogen) atoms. The van der Waals surface area contributed by atoms with Crippen LogP contribution in [0, 0.1) is 11.3 Å². The molecule has 2 N–H and O–H groups in total. The monoisotopic (exact) mass is 424 g/mol. The van der Waals surface area contributed by atoms with E-state index in [1.165, 1.54) is 7.11 Å². The summed E-state index contributed by atoms with van der Waals surface area (Å²) in [5.74, 6) is -4.47. The fourth-order valence-electron chi connectivity index (χ4n) is 3.95. The number of carbonyl (C=O) groups excluding carboxylic acids is 1. The molecule has 0 radical (unpaired) electrons. The van der Waals surface area contributed by atoms with Crippen LogP contribution in [0.1, 0.15) is 32.6 Å². The predicted octanol–water partition coefficient (Wildman–Crippen LogP) is 3.90. The number of alkyl halides is 2. The van der Waals surface area contributed by atoms with E-state index in [4.69, 9.17) is 9.47 Å². The highest BCUT2D eigenvalue weighted by molar-refractivity contribution is 5.79. The Hall–Kier alpha value is -2.25. The molecule has 0 aromatic heterocycles. The van der Waals surface area contributed by atoms with Crippen LogP contribution in [-0.2, 0) is 9.53 Å². The number of halogens is 2. The fourth-order valence-corrected chi connectivity index (χ4v) is 3.95. The van der Waals surface area contributed by atoms with E-state index in [-0.39, 0.29) is 19.3 Å². The van der Waals surface area contributed by atoms with Crippen LogP contribution in [0.15, 0.2) is 54.6 Å². The Balaban J connectivity index is 2.30. The molecular formula is C23H30F2O5. The van der Waals surface area contributed by atoms with Crippen molar-refractivity contribution in [3.05, 3.63) is 54.6 Å². The zero-order valence-corrected chi connectivity index (χ0v) is 17.3. The van der Waals surface area contributed by atoms with Gasteiger partial charge in [0.25, 0.3) is 5.92 Å². The molecule has 1 aliphatic carbocycles. The van der Waals surface area contributed by atoms with E-state index in [0.717, 1.165) is 6.08 Å². The second-order valence-corrected chi connectivity index (χ2v) is 7.63. The lowest BCUT2D eigenvalue weighted by molar-refractivity contribution is -0.155. The van der Waals surface area contributed by atoms with E-state index in [1.54, 1.807) is 36.4 Å². The van der Waals surface area contributed by atoms with E-state index < -0.39 is 42.0 Å². The Morgan fingerprint density at radius 1 is 1.20 bits per heavy atom. The van der Waals surface area contributed by atoms with Crippen LogP contribution in [0.25, 0.3) is 0 Å². The minimum absolute atomic E-state index is 0.0916. The minimum Gasteiger partial charge on any atom is -0.487 e. The number of allylic oxidation sites excluding steroid dienone is 2. The Bertz CT molecular complexity index is 734. The maximum atomic E-state index is 14.6. The molecule has 1 aromatic rings. The summed E-state index contributed by atoms with van der Waals surface area (Å²) >= 11 is 0. The van der Waals surface area contributed by atoms with E-state index in [2.05, 4.69) is 0 Å². The number of hydrogen-bond donors (Lipinski definition) is 2. The van der Waals surface area contributed by atoms with Gasteiger partial charge in [-0.3, -0.25) is 4.79 Å². The quantitative estimate of drug-likeness (QED) is 0.440. The number of rotatable bonds is 10. The summed E-state index contributed by atoms with van der Waals surface area (Å²) in [5.41, 5.74) is -1.48. The largest absolute Gasteiger partial charge is 0.487 e. The van der Waals surface area contributed by atoms with Crippen molar-refractivity contribution in [3.8, 4) is 5.75 Å². The molecule has 0 aliphatic heterocycles. The van der Waals surface area contributed by atoms with Crippen molar-refractivity contribution in [2.24, 2.45) is 11.3 Å². The number of aliphatic hydroxyl groups is 2. The summed E-state index contributed by atoms with van der Waals surface area (Å²) < 4.78 is 39.3. The number of methoxy groups -OCH3 is 1. The second kappa shape index (κ2) is 10.7. The standard InChI is InChI=1S/C23H30F2O5/c1-3-4-8-11-22(21(28)29-2,19-14-17(26)15-20(19)27)12-13-23(24,25)16-30-18-9-6-5-7-10-18/h3-7,9-10,12-13,17,19-20,26-27H,8,11,14-16H2,1-2H3/b4-3+,13-12+.